The Labute approximate surface area is 106 Å². The fraction of sp³-hybridized carbons (Fsp3) is 0.500. The van der Waals surface area contributed by atoms with Crippen molar-refractivity contribution in [2.24, 2.45) is 0 Å². The van der Waals surface area contributed by atoms with Crippen molar-refractivity contribution >= 4 is 11.6 Å². The third-order valence-electron chi connectivity index (χ3n) is 2.55. The van der Waals surface area contributed by atoms with Crippen LogP contribution in [0, 0.1) is 6.92 Å². The van der Waals surface area contributed by atoms with Gasteiger partial charge in [-0.3, -0.25) is 0 Å². The highest BCUT2D eigenvalue weighted by atomic mass is 16.5. The van der Waals surface area contributed by atoms with Gasteiger partial charge in [0.25, 0.3) is 0 Å². The van der Waals surface area contributed by atoms with Crippen LogP contribution in [0.1, 0.15) is 5.56 Å². The summed E-state index contributed by atoms with van der Waals surface area (Å²) in [5.74, 6) is 0.661. The van der Waals surface area contributed by atoms with Gasteiger partial charge in [-0.05, 0) is 18.6 Å². The number of fused-ring (bicyclic) bond motifs is 1. The highest BCUT2D eigenvalue weighted by Gasteiger charge is 2.01. The van der Waals surface area contributed by atoms with Crippen LogP contribution in [0.25, 0.3) is 5.65 Å². The van der Waals surface area contributed by atoms with Gasteiger partial charge >= 0.3 is 0 Å². The van der Waals surface area contributed by atoms with Crippen molar-refractivity contribution in [3.8, 4) is 0 Å². The average Bonchev–Trinajstić information content (AvgIpc) is 2.75. The Morgan fingerprint density at radius 1 is 1.28 bits per heavy atom. The molecule has 0 unspecified atom stereocenters. The van der Waals surface area contributed by atoms with E-state index in [-0.39, 0.29) is 0 Å². The van der Waals surface area contributed by atoms with E-state index in [0.29, 0.717) is 5.95 Å². The van der Waals surface area contributed by atoms with Crippen LogP contribution in [-0.4, -0.2) is 47.9 Å². The Morgan fingerprint density at radius 2 is 2.17 bits per heavy atom. The highest BCUT2D eigenvalue weighted by molar-refractivity contribution is 5.44. The van der Waals surface area contributed by atoms with Crippen molar-refractivity contribution in [3.05, 3.63) is 23.9 Å². The van der Waals surface area contributed by atoms with Crippen LogP contribution in [0.5, 0.6) is 0 Å². The summed E-state index contributed by atoms with van der Waals surface area (Å²) in [5, 5.41) is 10.8. The Kier molecular flexibility index (Phi) is 4.49. The zero-order valence-electron chi connectivity index (χ0n) is 10.8. The molecule has 18 heavy (non-hydrogen) atoms. The molecule has 2 aromatic heterocycles. The van der Waals surface area contributed by atoms with Gasteiger partial charge < -0.3 is 15.4 Å². The lowest BCUT2D eigenvalue weighted by Crippen LogP contribution is -2.25. The average molecular weight is 249 g/mol. The van der Waals surface area contributed by atoms with Gasteiger partial charge in [-0.25, -0.2) is 4.52 Å². The van der Waals surface area contributed by atoms with E-state index in [1.54, 1.807) is 11.6 Å². The first-order chi connectivity index (χ1) is 8.79. The number of methoxy groups -OCH3 is 1. The number of aryl methyl sites for hydroxylation is 1. The maximum absolute atomic E-state index is 4.95. The Balaban J connectivity index is 1.81. The molecule has 2 rings (SSSR count). The van der Waals surface area contributed by atoms with Crippen LogP contribution in [0.4, 0.5) is 5.95 Å². The fourth-order valence-electron chi connectivity index (χ4n) is 1.62. The number of ether oxygens (including phenoxy) is 1. The van der Waals surface area contributed by atoms with Crippen LogP contribution in [-0.2, 0) is 4.74 Å². The molecule has 0 saturated heterocycles. The van der Waals surface area contributed by atoms with Crippen molar-refractivity contribution in [1.82, 2.24) is 19.9 Å². The molecule has 0 aliphatic rings. The summed E-state index contributed by atoms with van der Waals surface area (Å²) in [6.07, 6.45) is 1.96. The second kappa shape index (κ2) is 6.32. The molecule has 0 aliphatic heterocycles. The van der Waals surface area contributed by atoms with Crippen LogP contribution < -0.4 is 10.6 Å². The Hall–Kier alpha value is -1.66. The van der Waals surface area contributed by atoms with E-state index in [1.165, 1.54) is 5.56 Å². The number of nitrogens with zero attached hydrogens (tertiary/aromatic N) is 3. The van der Waals surface area contributed by atoms with Gasteiger partial charge in [0, 0.05) is 32.9 Å². The van der Waals surface area contributed by atoms with Gasteiger partial charge in [-0.1, -0.05) is 6.07 Å². The van der Waals surface area contributed by atoms with Gasteiger partial charge in [0.2, 0.25) is 5.95 Å². The zero-order chi connectivity index (χ0) is 12.8. The SMILES string of the molecule is COCCNCCNc1nc2ccc(C)cn2n1. The zero-order valence-corrected chi connectivity index (χ0v) is 10.8. The lowest BCUT2D eigenvalue weighted by molar-refractivity contribution is 0.200. The minimum Gasteiger partial charge on any atom is -0.383 e. The quantitative estimate of drug-likeness (QED) is 0.707. The summed E-state index contributed by atoms with van der Waals surface area (Å²) in [5.41, 5.74) is 2.02. The lowest BCUT2D eigenvalue weighted by Gasteiger charge is -2.03. The van der Waals surface area contributed by atoms with Gasteiger partial charge in [0.1, 0.15) is 0 Å². The van der Waals surface area contributed by atoms with Crippen LogP contribution >= 0.6 is 0 Å². The van der Waals surface area contributed by atoms with E-state index in [2.05, 4.69) is 20.7 Å². The van der Waals surface area contributed by atoms with Gasteiger partial charge in [-0.15, -0.1) is 5.10 Å². The molecule has 98 valence electrons. The summed E-state index contributed by atoms with van der Waals surface area (Å²) >= 11 is 0. The monoisotopic (exact) mass is 249 g/mol. The number of hydrogen-bond donors (Lipinski definition) is 2. The van der Waals surface area contributed by atoms with Crippen molar-refractivity contribution in [2.45, 2.75) is 6.92 Å². The first-order valence-electron chi connectivity index (χ1n) is 6.06. The standard InChI is InChI=1S/C12H19N5O/c1-10-3-4-11-15-12(16-17(11)9-10)14-6-5-13-7-8-18-2/h3-4,9,13H,5-8H2,1-2H3,(H,14,16). The van der Waals surface area contributed by atoms with E-state index in [0.717, 1.165) is 31.9 Å². The molecule has 2 heterocycles. The fourth-order valence-corrected chi connectivity index (χ4v) is 1.62. The van der Waals surface area contributed by atoms with E-state index in [1.807, 2.05) is 25.3 Å². The molecule has 0 saturated carbocycles. The molecular formula is C12H19N5O. The van der Waals surface area contributed by atoms with Gasteiger partial charge in [0.15, 0.2) is 5.65 Å². The van der Waals surface area contributed by atoms with E-state index in [9.17, 15) is 0 Å². The van der Waals surface area contributed by atoms with Crippen LogP contribution in [0.15, 0.2) is 18.3 Å². The molecule has 0 spiro atoms. The third kappa shape index (κ3) is 3.41. The molecule has 0 aliphatic carbocycles. The summed E-state index contributed by atoms with van der Waals surface area (Å²) in [6.45, 7) is 5.27. The maximum atomic E-state index is 4.95. The molecular weight excluding hydrogens is 230 g/mol. The minimum atomic E-state index is 0.661. The largest absolute Gasteiger partial charge is 0.383 e. The summed E-state index contributed by atoms with van der Waals surface area (Å²) in [4.78, 5) is 4.38. The summed E-state index contributed by atoms with van der Waals surface area (Å²) < 4.78 is 6.73. The van der Waals surface area contributed by atoms with Crippen molar-refractivity contribution in [2.75, 3.05) is 38.7 Å². The van der Waals surface area contributed by atoms with Crippen LogP contribution in [0.2, 0.25) is 0 Å². The van der Waals surface area contributed by atoms with Crippen molar-refractivity contribution < 1.29 is 4.74 Å². The predicted octanol–water partition coefficient (Wildman–Crippen LogP) is 0.686. The first kappa shape index (κ1) is 12.8. The van der Waals surface area contributed by atoms with Crippen molar-refractivity contribution in [1.29, 1.82) is 0 Å². The maximum Gasteiger partial charge on any atom is 0.243 e. The highest BCUT2D eigenvalue weighted by Crippen LogP contribution is 2.06. The summed E-state index contributed by atoms with van der Waals surface area (Å²) in [6, 6.07) is 3.99. The molecule has 0 aromatic carbocycles. The second-order valence-corrected chi connectivity index (χ2v) is 4.11. The molecule has 2 aromatic rings. The molecule has 2 N–H and O–H groups in total. The molecule has 0 atom stereocenters. The number of aromatic nitrogens is 3. The van der Waals surface area contributed by atoms with E-state index < -0.39 is 0 Å². The number of hydrogen-bond acceptors (Lipinski definition) is 5. The normalized spacial score (nSPS) is 11.0. The molecule has 6 nitrogen and oxygen atoms in total. The van der Waals surface area contributed by atoms with Crippen LogP contribution in [0.3, 0.4) is 0 Å². The smallest absolute Gasteiger partial charge is 0.243 e. The Morgan fingerprint density at radius 3 is 3.00 bits per heavy atom. The van der Waals surface area contributed by atoms with E-state index >= 15 is 0 Å². The number of pyridine rings is 1. The second-order valence-electron chi connectivity index (χ2n) is 4.11. The molecule has 0 amide bonds. The summed E-state index contributed by atoms with van der Waals surface area (Å²) in [7, 11) is 1.70. The Bertz CT molecular complexity index is 496. The topological polar surface area (TPSA) is 63.5 Å². The third-order valence-corrected chi connectivity index (χ3v) is 2.55. The number of nitrogens with one attached hydrogen (secondary N) is 2. The van der Waals surface area contributed by atoms with E-state index in [4.69, 9.17) is 4.74 Å². The first-order valence-corrected chi connectivity index (χ1v) is 6.06. The molecule has 0 bridgehead atoms. The minimum absolute atomic E-state index is 0.661. The van der Waals surface area contributed by atoms with Gasteiger partial charge in [-0.2, -0.15) is 4.98 Å². The number of anilines is 1. The van der Waals surface area contributed by atoms with Gasteiger partial charge in [0.05, 0.1) is 6.61 Å². The van der Waals surface area contributed by atoms with Crippen molar-refractivity contribution in [3.63, 3.8) is 0 Å². The number of rotatable bonds is 7. The molecule has 6 heteroatoms. The predicted molar refractivity (Wildman–Crippen MR) is 71.0 cm³/mol. The molecule has 0 radical (unpaired) electrons. The lowest BCUT2D eigenvalue weighted by atomic mass is 10.3. The molecule has 0 fully saturated rings.